The van der Waals surface area contributed by atoms with E-state index in [-0.39, 0.29) is 41.1 Å². The van der Waals surface area contributed by atoms with Gasteiger partial charge in [-0.05, 0) is 25.8 Å². The van der Waals surface area contributed by atoms with Crippen LogP contribution in [-0.2, 0) is 14.8 Å². The van der Waals surface area contributed by atoms with Crippen molar-refractivity contribution in [2.75, 3.05) is 39.9 Å². The molecule has 0 amide bonds. The molecule has 1 aromatic rings. The minimum Gasteiger partial charge on any atom is -0.382 e. The molecule has 0 radical (unpaired) electrons. The van der Waals surface area contributed by atoms with Crippen LogP contribution in [0.1, 0.15) is 19.8 Å². The first kappa shape index (κ1) is 26.5. The third-order valence-corrected chi connectivity index (χ3v) is 4.94. The molecule has 0 saturated heterocycles. The predicted octanol–water partition coefficient (Wildman–Crippen LogP) is 1.47. The summed E-state index contributed by atoms with van der Waals surface area (Å²) in [5.41, 5.74) is -0.273. The molecule has 0 aromatic heterocycles. The highest BCUT2D eigenvalue weighted by Crippen LogP contribution is 2.16. The summed E-state index contributed by atoms with van der Waals surface area (Å²) in [6, 6.07) is 4.91. The Morgan fingerprint density at radius 2 is 1.93 bits per heavy atom. The summed E-state index contributed by atoms with van der Waals surface area (Å²) in [4.78, 5) is 14.0. The Kier molecular flexibility index (Phi) is 13.7. The number of guanidine groups is 1. The van der Waals surface area contributed by atoms with Gasteiger partial charge in [-0.1, -0.05) is 6.07 Å². The van der Waals surface area contributed by atoms with Crippen LogP contribution in [-0.4, -0.2) is 59.2 Å². The van der Waals surface area contributed by atoms with Crippen LogP contribution in [0.15, 0.2) is 34.2 Å². The first-order valence-electron chi connectivity index (χ1n) is 8.67. The molecule has 0 heterocycles. The van der Waals surface area contributed by atoms with Crippen LogP contribution >= 0.6 is 24.0 Å². The minimum absolute atomic E-state index is 0. The fourth-order valence-corrected chi connectivity index (χ4v) is 3.19. The molecule has 0 spiro atoms. The Morgan fingerprint density at radius 3 is 2.57 bits per heavy atom. The van der Waals surface area contributed by atoms with Crippen molar-refractivity contribution in [3.63, 3.8) is 0 Å². The third-order valence-electron chi connectivity index (χ3n) is 3.48. The number of nitrogens with zero attached hydrogens (tertiary/aromatic N) is 2. The molecule has 0 atom stereocenters. The molecule has 12 heteroatoms. The molecule has 1 aromatic carbocycles. The largest absolute Gasteiger partial charge is 0.382 e. The number of nitro groups is 1. The van der Waals surface area contributed by atoms with Crippen LogP contribution in [0.4, 0.5) is 5.69 Å². The van der Waals surface area contributed by atoms with Gasteiger partial charge in [0.1, 0.15) is 0 Å². The van der Waals surface area contributed by atoms with E-state index in [1.807, 2.05) is 6.92 Å². The Morgan fingerprint density at radius 1 is 1.21 bits per heavy atom. The fraction of sp³-hybridized carbons (Fsp3) is 0.562. The zero-order valence-electron chi connectivity index (χ0n) is 16.0. The highest BCUT2D eigenvalue weighted by Gasteiger charge is 2.16. The monoisotopic (exact) mass is 529 g/mol. The van der Waals surface area contributed by atoms with Gasteiger partial charge in [0.15, 0.2) is 5.96 Å². The van der Waals surface area contributed by atoms with Gasteiger partial charge in [0.2, 0.25) is 10.0 Å². The molecule has 10 nitrogen and oxygen atoms in total. The highest BCUT2D eigenvalue weighted by molar-refractivity contribution is 14.0. The smallest absolute Gasteiger partial charge is 0.270 e. The number of nitro benzene ring substituents is 1. The SMILES string of the molecule is CCOCCCCNC(=NC)NCCNS(=O)(=O)c1cccc([N+](=O)[O-])c1.I. The minimum atomic E-state index is -3.82. The van der Waals surface area contributed by atoms with E-state index in [2.05, 4.69) is 20.3 Å². The first-order chi connectivity index (χ1) is 12.9. The van der Waals surface area contributed by atoms with Crippen LogP contribution in [0.2, 0.25) is 0 Å². The lowest BCUT2D eigenvalue weighted by atomic mass is 10.3. The van der Waals surface area contributed by atoms with Gasteiger partial charge in [-0.2, -0.15) is 0 Å². The fourth-order valence-electron chi connectivity index (χ4n) is 2.11. The molecular weight excluding hydrogens is 501 g/mol. The molecule has 160 valence electrons. The number of halogens is 1. The van der Waals surface area contributed by atoms with Crippen molar-refractivity contribution >= 4 is 45.6 Å². The van der Waals surface area contributed by atoms with Gasteiger partial charge in [-0.3, -0.25) is 15.1 Å². The average molecular weight is 529 g/mol. The molecule has 3 N–H and O–H groups in total. The second kappa shape index (κ2) is 14.5. The quantitative estimate of drug-likeness (QED) is 0.0932. The highest BCUT2D eigenvalue weighted by atomic mass is 127. The van der Waals surface area contributed by atoms with E-state index in [1.165, 1.54) is 18.2 Å². The molecule has 28 heavy (non-hydrogen) atoms. The number of rotatable bonds is 12. The maximum atomic E-state index is 12.2. The number of benzene rings is 1. The van der Waals surface area contributed by atoms with Crippen LogP contribution in [0, 0.1) is 10.1 Å². The second-order valence-electron chi connectivity index (χ2n) is 5.48. The van der Waals surface area contributed by atoms with Crippen molar-refractivity contribution in [1.29, 1.82) is 0 Å². The maximum Gasteiger partial charge on any atom is 0.270 e. The number of nitrogens with one attached hydrogen (secondary N) is 3. The Balaban J connectivity index is 0.00000729. The van der Waals surface area contributed by atoms with Crippen LogP contribution in [0.3, 0.4) is 0 Å². The van der Waals surface area contributed by atoms with E-state index in [0.29, 0.717) is 19.1 Å². The van der Waals surface area contributed by atoms with E-state index >= 15 is 0 Å². The van der Waals surface area contributed by atoms with Crippen molar-refractivity contribution in [3.05, 3.63) is 34.4 Å². The zero-order valence-corrected chi connectivity index (χ0v) is 19.2. The number of ether oxygens (including phenoxy) is 1. The number of hydrogen-bond acceptors (Lipinski definition) is 6. The summed E-state index contributed by atoms with van der Waals surface area (Å²) < 4.78 is 32.1. The van der Waals surface area contributed by atoms with Crippen molar-refractivity contribution in [3.8, 4) is 0 Å². The third kappa shape index (κ3) is 10.1. The molecule has 0 saturated carbocycles. The molecule has 0 bridgehead atoms. The molecule has 1 rings (SSSR count). The van der Waals surface area contributed by atoms with Crippen molar-refractivity contribution in [1.82, 2.24) is 15.4 Å². The van der Waals surface area contributed by atoms with Crippen molar-refractivity contribution in [2.24, 2.45) is 4.99 Å². The summed E-state index contributed by atoms with van der Waals surface area (Å²) in [7, 11) is -2.19. The van der Waals surface area contributed by atoms with Gasteiger partial charge in [0.05, 0.1) is 9.82 Å². The molecule has 0 aliphatic heterocycles. The molecular formula is C16H28IN5O5S. The van der Waals surface area contributed by atoms with Crippen LogP contribution < -0.4 is 15.4 Å². The van der Waals surface area contributed by atoms with Gasteiger partial charge in [-0.25, -0.2) is 13.1 Å². The van der Waals surface area contributed by atoms with Gasteiger partial charge < -0.3 is 15.4 Å². The average Bonchev–Trinajstić information content (AvgIpc) is 2.66. The van der Waals surface area contributed by atoms with E-state index in [4.69, 9.17) is 4.74 Å². The van der Waals surface area contributed by atoms with Crippen molar-refractivity contribution < 1.29 is 18.1 Å². The van der Waals surface area contributed by atoms with Gasteiger partial charge in [0.25, 0.3) is 5.69 Å². The van der Waals surface area contributed by atoms with E-state index in [0.717, 1.165) is 32.1 Å². The first-order valence-corrected chi connectivity index (χ1v) is 10.2. The second-order valence-corrected chi connectivity index (χ2v) is 7.25. The number of sulfonamides is 1. The van der Waals surface area contributed by atoms with E-state index < -0.39 is 14.9 Å². The topological polar surface area (TPSA) is 135 Å². The van der Waals surface area contributed by atoms with E-state index in [1.54, 1.807) is 7.05 Å². The number of aliphatic imine (C=N–C) groups is 1. The normalized spacial score (nSPS) is 11.6. The molecule has 0 fully saturated rings. The molecule has 0 unspecified atom stereocenters. The van der Waals surface area contributed by atoms with Crippen LogP contribution in [0.25, 0.3) is 0 Å². The predicted molar refractivity (Wildman–Crippen MR) is 119 cm³/mol. The Labute approximate surface area is 182 Å². The molecule has 0 aliphatic rings. The van der Waals surface area contributed by atoms with Crippen molar-refractivity contribution in [2.45, 2.75) is 24.7 Å². The lowest BCUT2D eigenvalue weighted by Crippen LogP contribution is -2.41. The van der Waals surface area contributed by atoms with Gasteiger partial charge in [-0.15, -0.1) is 24.0 Å². The van der Waals surface area contributed by atoms with Gasteiger partial charge in [0, 0.05) is 52.0 Å². The number of hydrogen-bond donors (Lipinski definition) is 3. The summed E-state index contributed by atoms with van der Waals surface area (Å²) in [5, 5.41) is 16.9. The zero-order chi connectivity index (χ0) is 20.1. The Bertz CT molecular complexity index is 730. The summed E-state index contributed by atoms with van der Waals surface area (Å²) in [6.07, 6.45) is 1.88. The summed E-state index contributed by atoms with van der Waals surface area (Å²) >= 11 is 0. The number of non-ortho nitro benzene ring substituents is 1. The van der Waals surface area contributed by atoms with E-state index in [9.17, 15) is 18.5 Å². The lowest BCUT2D eigenvalue weighted by Gasteiger charge is -2.12. The summed E-state index contributed by atoms with van der Waals surface area (Å²) in [5.74, 6) is 0.570. The standard InChI is InChI=1S/C16H27N5O5S.HI/c1-3-26-12-5-4-9-18-16(17-2)19-10-11-20-27(24,25)15-8-6-7-14(13-15)21(22)23;/h6-8,13,20H,3-5,9-12H2,1-2H3,(H2,17,18,19);1H. The van der Waals surface area contributed by atoms with Gasteiger partial charge >= 0.3 is 0 Å². The number of unbranched alkanes of at least 4 members (excludes halogenated alkanes) is 1. The maximum absolute atomic E-state index is 12.2. The Hall–Kier alpha value is -1.51. The van der Waals surface area contributed by atoms with Crippen LogP contribution in [0.5, 0.6) is 0 Å². The molecule has 0 aliphatic carbocycles. The lowest BCUT2D eigenvalue weighted by molar-refractivity contribution is -0.385. The summed E-state index contributed by atoms with van der Waals surface area (Å²) in [6.45, 7) is 4.54.